The number of halogens is 2. The maximum atomic E-state index is 12.6. The van der Waals surface area contributed by atoms with Crippen molar-refractivity contribution >= 4 is 41.1 Å². The molecule has 0 aliphatic carbocycles. The molecular formula is C26H19Cl2NO4. The van der Waals surface area contributed by atoms with Crippen molar-refractivity contribution in [2.24, 2.45) is 4.99 Å². The van der Waals surface area contributed by atoms with E-state index in [-0.39, 0.29) is 17.2 Å². The standard InChI is InChI=1S/C26H19Cl2NO4/c1-31-20-9-7-19(8-10-20)29-15-21-11-13-25(33-21)17-6-12-24(28)22(14-17)26(30)32-16-18-4-2-3-5-23(18)27/h2-15H,16H2,1H3. The molecule has 5 nitrogen and oxygen atoms in total. The van der Waals surface area contributed by atoms with E-state index in [1.165, 1.54) is 0 Å². The van der Waals surface area contributed by atoms with E-state index in [2.05, 4.69) is 4.99 Å². The minimum Gasteiger partial charge on any atom is -0.497 e. The zero-order valence-electron chi connectivity index (χ0n) is 17.6. The van der Waals surface area contributed by atoms with Crippen molar-refractivity contribution in [3.05, 3.63) is 106 Å². The number of nitrogens with zero attached hydrogens (tertiary/aromatic N) is 1. The number of hydrogen-bond donors (Lipinski definition) is 0. The smallest absolute Gasteiger partial charge is 0.340 e. The summed E-state index contributed by atoms with van der Waals surface area (Å²) in [6.07, 6.45) is 1.63. The Bertz CT molecular complexity index is 1300. The Morgan fingerprint density at radius 2 is 1.76 bits per heavy atom. The fourth-order valence-corrected chi connectivity index (χ4v) is 3.44. The van der Waals surface area contributed by atoms with E-state index in [4.69, 9.17) is 37.1 Å². The Kier molecular flexibility index (Phi) is 7.13. The summed E-state index contributed by atoms with van der Waals surface area (Å²) in [6, 6.07) is 23.2. The SMILES string of the molecule is COc1ccc(N=Cc2ccc(-c3ccc(Cl)c(C(=O)OCc4ccccc4Cl)c3)o2)cc1. The van der Waals surface area contributed by atoms with Gasteiger partial charge in [0, 0.05) is 16.1 Å². The molecule has 0 saturated carbocycles. The number of furan rings is 1. The number of esters is 1. The minimum atomic E-state index is -0.547. The number of rotatable bonds is 7. The van der Waals surface area contributed by atoms with Crippen LogP contribution in [0.25, 0.3) is 11.3 Å². The van der Waals surface area contributed by atoms with Crippen LogP contribution in [-0.2, 0) is 11.3 Å². The lowest BCUT2D eigenvalue weighted by Crippen LogP contribution is -2.06. The summed E-state index contributed by atoms with van der Waals surface area (Å²) in [5, 5.41) is 0.820. The van der Waals surface area contributed by atoms with Crippen molar-refractivity contribution in [2.45, 2.75) is 6.61 Å². The molecule has 1 aromatic heterocycles. The summed E-state index contributed by atoms with van der Waals surface area (Å²) in [6.45, 7) is 0.0474. The molecular weight excluding hydrogens is 461 g/mol. The van der Waals surface area contributed by atoms with Gasteiger partial charge < -0.3 is 13.9 Å². The summed E-state index contributed by atoms with van der Waals surface area (Å²) in [7, 11) is 1.61. The number of ether oxygens (including phenoxy) is 2. The Hall–Kier alpha value is -3.54. The van der Waals surface area contributed by atoms with Crippen molar-refractivity contribution in [3.63, 3.8) is 0 Å². The highest BCUT2D eigenvalue weighted by atomic mass is 35.5. The highest BCUT2D eigenvalue weighted by Crippen LogP contribution is 2.28. The molecule has 0 fully saturated rings. The Morgan fingerprint density at radius 3 is 2.52 bits per heavy atom. The maximum absolute atomic E-state index is 12.6. The largest absolute Gasteiger partial charge is 0.497 e. The second-order valence-corrected chi connectivity index (χ2v) is 7.83. The van der Waals surface area contributed by atoms with Crippen LogP contribution in [0.5, 0.6) is 5.75 Å². The molecule has 166 valence electrons. The predicted octanol–water partition coefficient (Wildman–Crippen LogP) is 7.37. The van der Waals surface area contributed by atoms with Gasteiger partial charge in [-0.1, -0.05) is 41.4 Å². The van der Waals surface area contributed by atoms with Crippen LogP contribution in [0.3, 0.4) is 0 Å². The fourth-order valence-electron chi connectivity index (χ4n) is 3.06. The van der Waals surface area contributed by atoms with Crippen LogP contribution in [0, 0.1) is 0 Å². The number of carbonyl (C=O) groups is 1. The van der Waals surface area contributed by atoms with E-state index in [0.717, 1.165) is 11.4 Å². The molecule has 0 amide bonds. The van der Waals surface area contributed by atoms with Crippen LogP contribution in [0.1, 0.15) is 21.7 Å². The average molecular weight is 480 g/mol. The first kappa shape index (κ1) is 22.6. The van der Waals surface area contributed by atoms with E-state index in [1.807, 2.05) is 36.4 Å². The number of carbonyl (C=O) groups excluding carboxylic acids is 1. The number of hydrogen-bond acceptors (Lipinski definition) is 5. The minimum absolute atomic E-state index is 0.0474. The van der Waals surface area contributed by atoms with Gasteiger partial charge >= 0.3 is 5.97 Å². The molecule has 4 rings (SSSR count). The van der Waals surface area contributed by atoms with E-state index >= 15 is 0 Å². The lowest BCUT2D eigenvalue weighted by molar-refractivity contribution is 0.0473. The second kappa shape index (κ2) is 10.4. The van der Waals surface area contributed by atoms with Crippen LogP contribution in [0.4, 0.5) is 5.69 Å². The molecule has 0 bridgehead atoms. The van der Waals surface area contributed by atoms with Gasteiger partial charge in [-0.2, -0.15) is 0 Å². The molecule has 0 saturated heterocycles. The van der Waals surface area contributed by atoms with Gasteiger partial charge in [-0.3, -0.25) is 4.99 Å². The molecule has 4 aromatic rings. The third-order valence-electron chi connectivity index (χ3n) is 4.83. The summed E-state index contributed by atoms with van der Waals surface area (Å²) in [5.74, 6) is 1.36. The zero-order valence-corrected chi connectivity index (χ0v) is 19.1. The number of benzene rings is 3. The van der Waals surface area contributed by atoms with E-state index < -0.39 is 5.97 Å². The van der Waals surface area contributed by atoms with Gasteiger partial charge in [-0.15, -0.1) is 0 Å². The average Bonchev–Trinajstić information content (AvgIpc) is 3.32. The van der Waals surface area contributed by atoms with Gasteiger partial charge in [0.05, 0.1) is 29.6 Å². The Morgan fingerprint density at radius 1 is 0.970 bits per heavy atom. The van der Waals surface area contributed by atoms with Crippen molar-refractivity contribution in [1.82, 2.24) is 0 Å². The predicted molar refractivity (Wildman–Crippen MR) is 130 cm³/mol. The number of aliphatic imine (C=N–C) groups is 1. The molecule has 0 N–H and O–H groups in total. The summed E-state index contributed by atoms with van der Waals surface area (Å²) in [5.41, 5.74) is 2.41. The van der Waals surface area contributed by atoms with Crippen LogP contribution in [0.2, 0.25) is 10.0 Å². The molecule has 0 spiro atoms. The monoisotopic (exact) mass is 479 g/mol. The third kappa shape index (κ3) is 5.64. The van der Waals surface area contributed by atoms with E-state index in [9.17, 15) is 4.79 Å². The molecule has 0 radical (unpaired) electrons. The Balaban J connectivity index is 1.48. The highest BCUT2D eigenvalue weighted by Gasteiger charge is 2.15. The molecule has 3 aromatic carbocycles. The van der Waals surface area contributed by atoms with Crippen molar-refractivity contribution < 1.29 is 18.7 Å². The van der Waals surface area contributed by atoms with Gasteiger partial charge in [0.15, 0.2) is 0 Å². The summed E-state index contributed by atoms with van der Waals surface area (Å²) >= 11 is 12.4. The molecule has 0 aliphatic rings. The molecule has 33 heavy (non-hydrogen) atoms. The van der Waals surface area contributed by atoms with Gasteiger partial charge in [0.25, 0.3) is 0 Å². The molecule has 0 atom stereocenters. The maximum Gasteiger partial charge on any atom is 0.340 e. The van der Waals surface area contributed by atoms with Crippen LogP contribution in [-0.4, -0.2) is 19.3 Å². The normalized spacial score (nSPS) is 11.0. The van der Waals surface area contributed by atoms with Crippen LogP contribution in [0.15, 0.2) is 88.3 Å². The zero-order chi connectivity index (χ0) is 23.2. The third-order valence-corrected chi connectivity index (χ3v) is 5.53. The van der Waals surface area contributed by atoms with E-state index in [1.54, 1.807) is 55.8 Å². The summed E-state index contributed by atoms with van der Waals surface area (Å²) in [4.78, 5) is 17.0. The second-order valence-electron chi connectivity index (χ2n) is 7.02. The van der Waals surface area contributed by atoms with Crippen molar-refractivity contribution in [1.29, 1.82) is 0 Å². The van der Waals surface area contributed by atoms with Gasteiger partial charge in [0.1, 0.15) is 23.9 Å². The van der Waals surface area contributed by atoms with Crippen molar-refractivity contribution in [3.8, 4) is 17.1 Å². The first-order chi connectivity index (χ1) is 16.0. The fraction of sp³-hybridized carbons (Fsp3) is 0.0769. The van der Waals surface area contributed by atoms with Crippen molar-refractivity contribution in [2.75, 3.05) is 7.11 Å². The van der Waals surface area contributed by atoms with Crippen LogP contribution < -0.4 is 4.74 Å². The lowest BCUT2D eigenvalue weighted by Gasteiger charge is -2.09. The number of methoxy groups -OCH3 is 1. The highest BCUT2D eigenvalue weighted by molar-refractivity contribution is 6.33. The van der Waals surface area contributed by atoms with Crippen LogP contribution >= 0.6 is 23.2 Å². The molecule has 0 aliphatic heterocycles. The Labute approximate surface area is 201 Å². The molecule has 7 heteroatoms. The van der Waals surface area contributed by atoms with Gasteiger partial charge in [-0.05, 0) is 60.7 Å². The first-order valence-electron chi connectivity index (χ1n) is 10.0. The first-order valence-corrected chi connectivity index (χ1v) is 10.8. The van der Waals surface area contributed by atoms with Gasteiger partial charge in [0.2, 0.25) is 0 Å². The molecule has 0 unspecified atom stereocenters. The summed E-state index contributed by atoms with van der Waals surface area (Å²) < 4.78 is 16.4. The molecule has 1 heterocycles. The quantitative estimate of drug-likeness (QED) is 0.205. The van der Waals surface area contributed by atoms with E-state index in [0.29, 0.717) is 27.7 Å². The van der Waals surface area contributed by atoms with Gasteiger partial charge in [-0.25, -0.2) is 4.79 Å². The lowest BCUT2D eigenvalue weighted by atomic mass is 10.1. The topological polar surface area (TPSA) is 61.0 Å².